The molecule has 3 heterocycles. The predicted octanol–water partition coefficient (Wildman–Crippen LogP) is 3.56. The summed E-state index contributed by atoms with van der Waals surface area (Å²) in [5.74, 6) is -1.40. The minimum absolute atomic E-state index is 0.0588. The van der Waals surface area contributed by atoms with Crippen molar-refractivity contribution in [3.05, 3.63) is 24.2 Å². The zero-order valence-corrected chi connectivity index (χ0v) is 19.7. The molecule has 184 valence electrons. The van der Waals surface area contributed by atoms with Crippen molar-refractivity contribution < 1.29 is 28.3 Å². The molecular weight excluding hydrogens is 438 g/mol. The van der Waals surface area contributed by atoms with Crippen molar-refractivity contribution in [3.8, 4) is 0 Å². The quantitative estimate of drug-likeness (QED) is 0.403. The van der Waals surface area contributed by atoms with Crippen LogP contribution in [-0.4, -0.2) is 64.9 Å². The van der Waals surface area contributed by atoms with Gasteiger partial charge in [0.05, 0.1) is 19.6 Å². The van der Waals surface area contributed by atoms with E-state index in [1.54, 1.807) is 23.2 Å². The molecule has 1 amide bonds. The van der Waals surface area contributed by atoms with E-state index in [-0.39, 0.29) is 29.7 Å². The number of pyridine rings is 1. The van der Waals surface area contributed by atoms with Crippen LogP contribution in [0.25, 0.3) is 11.2 Å². The normalized spacial score (nSPS) is 19.0. The summed E-state index contributed by atoms with van der Waals surface area (Å²) in [7, 11) is 0. The first-order valence-electron chi connectivity index (χ1n) is 12.4. The molecule has 2 aliphatic rings. The monoisotopic (exact) mass is 471 g/mol. The molecule has 0 unspecified atom stereocenters. The van der Waals surface area contributed by atoms with E-state index >= 15 is 0 Å². The van der Waals surface area contributed by atoms with E-state index in [0.29, 0.717) is 50.6 Å². The van der Waals surface area contributed by atoms with Crippen molar-refractivity contribution in [1.29, 1.82) is 0 Å². The highest BCUT2D eigenvalue weighted by Crippen LogP contribution is 2.29. The first-order chi connectivity index (χ1) is 16.5. The second-order valence-corrected chi connectivity index (χ2v) is 9.18. The number of carbonyl (C=O) groups is 3. The van der Waals surface area contributed by atoms with E-state index in [4.69, 9.17) is 13.9 Å². The maximum atomic E-state index is 13.2. The highest BCUT2D eigenvalue weighted by Gasteiger charge is 2.33. The molecule has 2 atom stereocenters. The molecule has 34 heavy (non-hydrogen) atoms. The molecule has 0 N–H and O–H groups in total. The molecule has 1 saturated carbocycles. The Balaban J connectivity index is 1.42. The van der Waals surface area contributed by atoms with Crippen LogP contribution in [0.3, 0.4) is 0 Å². The van der Waals surface area contributed by atoms with Crippen LogP contribution >= 0.6 is 0 Å². The maximum absolute atomic E-state index is 13.2. The van der Waals surface area contributed by atoms with E-state index in [9.17, 15) is 14.4 Å². The van der Waals surface area contributed by atoms with Gasteiger partial charge in [-0.1, -0.05) is 39.0 Å². The van der Waals surface area contributed by atoms with Crippen molar-refractivity contribution in [1.82, 2.24) is 14.9 Å². The molecule has 0 radical (unpaired) electrons. The van der Waals surface area contributed by atoms with Gasteiger partial charge in [0.15, 0.2) is 6.10 Å². The molecule has 1 aliphatic heterocycles. The summed E-state index contributed by atoms with van der Waals surface area (Å²) in [6.07, 6.45) is 7.16. The van der Waals surface area contributed by atoms with E-state index in [1.165, 1.54) is 6.42 Å². The van der Waals surface area contributed by atoms with Gasteiger partial charge in [-0.25, -0.2) is 9.97 Å². The highest BCUT2D eigenvalue weighted by molar-refractivity contribution is 5.97. The topological polar surface area (TPSA) is 112 Å². The van der Waals surface area contributed by atoms with Crippen molar-refractivity contribution in [2.24, 2.45) is 11.8 Å². The molecule has 4 rings (SSSR count). The number of rotatable bonds is 9. The summed E-state index contributed by atoms with van der Waals surface area (Å²) in [5, 5.41) is 0. The Morgan fingerprint density at radius 3 is 2.65 bits per heavy atom. The fraction of sp³-hybridized carbons (Fsp3) is 0.640. The lowest BCUT2D eigenvalue weighted by molar-refractivity contribution is -0.164. The standard InChI is InChI=1S/C25H33N3O6/c1-2-18(22(30)24-27-19-9-6-10-26-23(19)34-24)16-21(29)33-20(15-17-7-4-3-5-8-17)25(31)28-11-13-32-14-12-28/h6,9-10,17-18,20H,2-5,7-8,11-16H2,1H3/t18-,20+/m1/s1. The Kier molecular flexibility index (Phi) is 8.26. The smallest absolute Gasteiger partial charge is 0.307 e. The third kappa shape index (κ3) is 6.00. The van der Waals surface area contributed by atoms with Crippen molar-refractivity contribution in [2.75, 3.05) is 26.3 Å². The van der Waals surface area contributed by atoms with Gasteiger partial charge in [-0.05, 0) is 30.9 Å². The van der Waals surface area contributed by atoms with Crippen LogP contribution in [0, 0.1) is 11.8 Å². The Hall–Kier alpha value is -2.81. The number of ether oxygens (including phenoxy) is 2. The Labute approximate surface area is 199 Å². The second-order valence-electron chi connectivity index (χ2n) is 9.18. The number of oxazole rings is 1. The lowest BCUT2D eigenvalue weighted by atomic mass is 9.85. The molecule has 9 heteroatoms. The van der Waals surface area contributed by atoms with Gasteiger partial charge in [0.1, 0.15) is 5.52 Å². The molecule has 2 fully saturated rings. The Bertz CT molecular complexity index is 960. The highest BCUT2D eigenvalue weighted by atomic mass is 16.5. The molecule has 1 aliphatic carbocycles. The minimum atomic E-state index is -0.824. The molecule has 2 aromatic rings. The van der Waals surface area contributed by atoms with Crippen LogP contribution in [0.2, 0.25) is 0 Å². The van der Waals surface area contributed by atoms with Gasteiger partial charge < -0.3 is 18.8 Å². The molecule has 0 spiro atoms. The lowest BCUT2D eigenvalue weighted by Gasteiger charge is -2.32. The third-order valence-electron chi connectivity index (χ3n) is 6.80. The number of hydrogen-bond acceptors (Lipinski definition) is 8. The van der Waals surface area contributed by atoms with Crippen LogP contribution < -0.4 is 0 Å². The minimum Gasteiger partial charge on any atom is -0.452 e. The van der Waals surface area contributed by atoms with E-state index in [2.05, 4.69) is 9.97 Å². The number of ketones is 1. The third-order valence-corrected chi connectivity index (χ3v) is 6.80. The summed E-state index contributed by atoms with van der Waals surface area (Å²) in [5.41, 5.74) is 0.777. The maximum Gasteiger partial charge on any atom is 0.307 e. The number of morpholine rings is 1. The fourth-order valence-corrected chi connectivity index (χ4v) is 4.79. The largest absolute Gasteiger partial charge is 0.452 e. The summed E-state index contributed by atoms with van der Waals surface area (Å²) >= 11 is 0. The number of amides is 1. The van der Waals surface area contributed by atoms with Crippen LogP contribution in [0.1, 0.15) is 69.0 Å². The van der Waals surface area contributed by atoms with Crippen molar-refractivity contribution in [2.45, 2.75) is 64.4 Å². The van der Waals surface area contributed by atoms with E-state index in [0.717, 1.165) is 25.7 Å². The number of aromatic nitrogens is 2. The number of hydrogen-bond donors (Lipinski definition) is 0. The van der Waals surface area contributed by atoms with E-state index < -0.39 is 18.0 Å². The lowest BCUT2D eigenvalue weighted by Crippen LogP contribution is -2.47. The van der Waals surface area contributed by atoms with Crippen LogP contribution in [0.5, 0.6) is 0 Å². The zero-order chi connectivity index (χ0) is 23.9. The van der Waals surface area contributed by atoms with Gasteiger partial charge in [-0.2, -0.15) is 0 Å². The van der Waals surface area contributed by atoms with Crippen LogP contribution in [0.4, 0.5) is 0 Å². The molecular formula is C25H33N3O6. The first-order valence-corrected chi connectivity index (χ1v) is 12.4. The number of nitrogens with zero attached hydrogens (tertiary/aromatic N) is 3. The van der Waals surface area contributed by atoms with Crippen molar-refractivity contribution >= 4 is 28.9 Å². The van der Waals surface area contributed by atoms with Gasteiger partial charge in [0.25, 0.3) is 11.8 Å². The van der Waals surface area contributed by atoms with Crippen molar-refractivity contribution in [3.63, 3.8) is 0 Å². The van der Waals surface area contributed by atoms with Gasteiger partial charge in [0.2, 0.25) is 11.5 Å². The van der Waals surface area contributed by atoms with Gasteiger partial charge in [-0.15, -0.1) is 0 Å². The van der Waals surface area contributed by atoms with Crippen LogP contribution in [-0.2, 0) is 19.1 Å². The van der Waals surface area contributed by atoms with Gasteiger partial charge in [0, 0.05) is 25.2 Å². The van der Waals surface area contributed by atoms with Gasteiger partial charge in [-0.3, -0.25) is 14.4 Å². The fourth-order valence-electron chi connectivity index (χ4n) is 4.79. The molecule has 9 nitrogen and oxygen atoms in total. The average Bonchev–Trinajstić information content (AvgIpc) is 3.31. The summed E-state index contributed by atoms with van der Waals surface area (Å²) < 4.78 is 16.6. The SMILES string of the molecule is CC[C@H](CC(=O)O[C@@H](CC1CCCCC1)C(=O)N1CCOCC1)C(=O)c1nc2cccnc2o1. The summed E-state index contributed by atoms with van der Waals surface area (Å²) in [6, 6.07) is 3.43. The number of fused-ring (bicyclic) bond motifs is 1. The molecule has 1 saturated heterocycles. The molecule has 0 bridgehead atoms. The number of esters is 1. The zero-order valence-electron chi connectivity index (χ0n) is 19.7. The average molecular weight is 472 g/mol. The molecule has 0 aromatic carbocycles. The second kappa shape index (κ2) is 11.6. The Morgan fingerprint density at radius 1 is 1.18 bits per heavy atom. The number of Topliss-reactive ketones (excluding diaryl/α,β-unsaturated/α-hetero) is 1. The predicted molar refractivity (Wildman–Crippen MR) is 123 cm³/mol. The van der Waals surface area contributed by atoms with Crippen LogP contribution in [0.15, 0.2) is 22.7 Å². The molecule has 2 aromatic heterocycles. The summed E-state index contributed by atoms with van der Waals surface area (Å²) in [4.78, 5) is 49.1. The Morgan fingerprint density at radius 2 is 1.94 bits per heavy atom. The first kappa shape index (κ1) is 24.3. The summed E-state index contributed by atoms with van der Waals surface area (Å²) in [6.45, 7) is 3.80. The van der Waals surface area contributed by atoms with E-state index in [1.807, 2.05) is 6.92 Å². The van der Waals surface area contributed by atoms with Gasteiger partial charge >= 0.3 is 5.97 Å². The number of carbonyl (C=O) groups excluding carboxylic acids is 3.